The molecule has 4 N–H and O–H groups in total. The highest BCUT2D eigenvalue weighted by molar-refractivity contribution is 5.66. The second-order valence-corrected chi connectivity index (χ2v) is 6.91. The Hall–Kier alpha value is -2.20. The topological polar surface area (TPSA) is 116 Å². The second-order valence-electron chi connectivity index (χ2n) is 6.91. The first kappa shape index (κ1) is 20.1. The lowest BCUT2D eigenvalue weighted by atomic mass is 9.84. The first-order chi connectivity index (χ1) is 12.5. The highest BCUT2D eigenvalue weighted by Crippen LogP contribution is 2.28. The van der Waals surface area contributed by atoms with Crippen LogP contribution in [-0.4, -0.2) is 36.9 Å². The number of aromatic hydroxyl groups is 1. The number of carboxylic acid groups (broad SMARTS) is 1. The Balaban J connectivity index is 1.91. The average Bonchev–Trinajstić information content (AvgIpc) is 2.89. The maximum absolute atomic E-state index is 12.0. The summed E-state index contributed by atoms with van der Waals surface area (Å²) < 4.78 is 1.44. The molecule has 0 amide bonds. The number of rotatable bonds is 8. The quantitative estimate of drug-likeness (QED) is 0.416. The molecule has 1 fully saturated rings. The van der Waals surface area contributed by atoms with Gasteiger partial charge in [-0.3, -0.25) is 14.3 Å². The average molecular weight is 364 g/mol. The third-order valence-corrected chi connectivity index (χ3v) is 4.99. The number of aliphatic carboxylic acids is 1. The summed E-state index contributed by atoms with van der Waals surface area (Å²) in [4.78, 5) is 24.8. The van der Waals surface area contributed by atoms with E-state index >= 15 is 0 Å². The molecule has 1 saturated carbocycles. The van der Waals surface area contributed by atoms with Gasteiger partial charge in [0.1, 0.15) is 0 Å². The fourth-order valence-corrected chi connectivity index (χ4v) is 3.49. The standard InChI is InChI=1S/C19H28N2O5/c22-16(14-8-4-3-5-9-14)12-13-21-15(18(25)20-19(21)26)10-6-1-2-7-11-17(23)24/h14,16,22,25H,2-5,7-13H2,(H,20,26)(H,23,24). The van der Waals surface area contributed by atoms with Crippen molar-refractivity contribution in [2.75, 3.05) is 0 Å². The Kier molecular flexibility index (Phi) is 7.79. The van der Waals surface area contributed by atoms with Crippen molar-refractivity contribution in [2.45, 2.75) is 76.9 Å². The molecular weight excluding hydrogens is 336 g/mol. The molecule has 1 aliphatic carbocycles. The van der Waals surface area contributed by atoms with Crippen LogP contribution >= 0.6 is 0 Å². The molecule has 144 valence electrons. The number of nitrogens with zero attached hydrogens (tertiary/aromatic N) is 1. The summed E-state index contributed by atoms with van der Waals surface area (Å²) in [6.45, 7) is 0.337. The third-order valence-electron chi connectivity index (χ3n) is 4.99. The number of aromatic nitrogens is 2. The minimum Gasteiger partial charge on any atom is -0.493 e. The monoisotopic (exact) mass is 364 g/mol. The lowest BCUT2D eigenvalue weighted by Crippen LogP contribution is -2.27. The van der Waals surface area contributed by atoms with Crippen LogP contribution in [0.3, 0.4) is 0 Å². The van der Waals surface area contributed by atoms with Gasteiger partial charge in [-0.2, -0.15) is 0 Å². The number of imidazole rings is 1. The summed E-state index contributed by atoms with van der Waals surface area (Å²) >= 11 is 0. The van der Waals surface area contributed by atoms with E-state index in [9.17, 15) is 19.8 Å². The molecule has 26 heavy (non-hydrogen) atoms. The van der Waals surface area contributed by atoms with Crippen LogP contribution in [0.5, 0.6) is 5.88 Å². The summed E-state index contributed by atoms with van der Waals surface area (Å²) in [5.41, 5.74) is 0.0117. The largest absolute Gasteiger partial charge is 0.493 e. The number of hydrogen-bond donors (Lipinski definition) is 4. The molecule has 0 aromatic carbocycles. The van der Waals surface area contributed by atoms with Gasteiger partial charge in [0.05, 0.1) is 18.2 Å². The lowest BCUT2D eigenvalue weighted by molar-refractivity contribution is -0.137. The molecule has 1 unspecified atom stereocenters. The molecule has 1 aromatic rings. The zero-order valence-electron chi connectivity index (χ0n) is 15.0. The zero-order valence-corrected chi connectivity index (χ0v) is 15.0. The van der Waals surface area contributed by atoms with Crippen molar-refractivity contribution >= 4 is 5.97 Å². The molecule has 0 aliphatic heterocycles. The molecule has 0 radical (unpaired) electrons. The second kappa shape index (κ2) is 10.1. The normalized spacial score (nSPS) is 16.0. The number of H-pyrrole nitrogens is 1. The number of aliphatic hydroxyl groups excluding tert-OH is 1. The van der Waals surface area contributed by atoms with Crippen LogP contribution in [0.4, 0.5) is 0 Å². The minimum absolute atomic E-state index is 0.0772. The van der Waals surface area contributed by atoms with Gasteiger partial charge in [0.15, 0.2) is 0 Å². The van der Waals surface area contributed by atoms with E-state index in [4.69, 9.17) is 5.11 Å². The van der Waals surface area contributed by atoms with E-state index in [1.54, 1.807) is 0 Å². The summed E-state index contributed by atoms with van der Waals surface area (Å²) in [7, 11) is 0. The van der Waals surface area contributed by atoms with E-state index in [2.05, 4.69) is 16.8 Å². The molecule has 1 atom stereocenters. The maximum atomic E-state index is 12.0. The first-order valence-electron chi connectivity index (χ1n) is 9.35. The number of aliphatic hydroxyl groups is 1. The first-order valence-corrected chi connectivity index (χ1v) is 9.35. The fraction of sp³-hybridized carbons (Fsp3) is 0.684. The maximum Gasteiger partial charge on any atom is 0.328 e. The molecule has 0 bridgehead atoms. The van der Waals surface area contributed by atoms with Crippen LogP contribution in [0, 0.1) is 17.8 Å². The van der Waals surface area contributed by atoms with Gasteiger partial charge >= 0.3 is 11.7 Å². The zero-order chi connectivity index (χ0) is 18.9. The molecule has 0 spiro atoms. The lowest BCUT2D eigenvalue weighted by Gasteiger charge is -2.26. The van der Waals surface area contributed by atoms with Gasteiger partial charge in [0.2, 0.25) is 5.88 Å². The predicted molar refractivity (Wildman–Crippen MR) is 96.9 cm³/mol. The van der Waals surface area contributed by atoms with Crippen molar-refractivity contribution in [1.82, 2.24) is 9.55 Å². The van der Waals surface area contributed by atoms with E-state index in [0.717, 1.165) is 25.7 Å². The van der Waals surface area contributed by atoms with Gasteiger partial charge in [-0.25, -0.2) is 4.79 Å². The van der Waals surface area contributed by atoms with Crippen molar-refractivity contribution in [3.63, 3.8) is 0 Å². The molecule has 0 saturated heterocycles. The van der Waals surface area contributed by atoms with Gasteiger partial charge < -0.3 is 15.3 Å². The van der Waals surface area contributed by atoms with E-state index in [1.165, 1.54) is 11.0 Å². The highest BCUT2D eigenvalue weighted by Gasteiger charge is 2.22. The molecule has 1 aliphatic rings. The SMILES string of the molecule is O=C(O)CCCC#CCc1c(O)[nH]c(=O)n1CCC(O)C1CCCCC1. The number of carbonyl (C=O) groups is 1. The number of unbranched alkanes of at least 4 members (excludes halogenated alkanes) is 1. The van der Waals surface area contributed by atoms with E-state index < -0.39 is 17.8 Å². The predicted octanol–water partition coefficient (Wildman–Crippen LogP) is 2.01. The Bertz CT molecular complexity index is 704. The Morgan fingerprint density at radius 2 is 2.00 bits per heavy atom. The summed E-state index contributed by atoms with van der Waals surface area (Å²) in [5.74, 6) is 5.00. The van der Waals surface area contributed by atoms with E-state index in [0.29, 0.717) is 37.4 Å². The van der Waals surface area contributed by atoms with Gasteiger partial charge in [0.25, 0.3) is 0 Å². The van der Waals surface area contributed by atoms with Crippen LogP contribution in [0.25, 0.3) is 0 Å². The van der Waals surface area contributed by atoms with Crippen LogP contribution < -0.4 is 5.69 Å². The highest BCUT2D eigenvalue weighted by atomic mass is 16.4. The molecule has 1 aromatic heterocycles. The number of nitrogens with one attached hydrogen (secondary N) is 1. The fourth-order valence-electron chi connectivity index (χ4n) is 3.49. The van der Waals surface area contributed by atoms with Gasteiger partial charge in [-0.05, 0) is 31.6 Å². The van der Waals surface area contributed by atoms with Crippen molar-refractivity contribution in [2.24, 2.45) is 5.92 Å². The summed E-state index contributed by atoms with van der Waals surface area (Å²) in [5, 5.41) is 28.9. The molecule has 1 heterocycles. The Morgan fingerprint density at radius 1 is 1.27 bits per heavy atom. The van der Waals surface area contributed by atoms with Gasteiger partial charge in [-0.15, -0.1) is 5.92 Å². The number of carboxylic acids is 1. The van der Waals surface area contributed by atoms with Gasteiger partial charge in [0, 0.05) is 19.4 Å². The van der Waals surface area contributed by atoms with Crippen LogP contribution in [0.1, 0.15) is 63.5 Å². The minimum atomic E-state index is -0.847. The van der Waals surface area contributed by atoms with Crippen molar-refractivity contribution < 1.29 is 20.1 Å². The molecule has 7 heteroatoms. The van der Waals surface area contributed by atoms with Crippen molar-refractivity contribution in [3.8, 4) is 17.7 Å². The van der Waals surface area contributed by atoms with Crippen molar-refractivity contribution in [3.05, 3.63) is 16.2 Å². The van der Waals surface area contributed by atoms with E-state index in [-0.39, 0.29) is 18.7 Å². The molecular formula is C19H28N2O5. The Morgan fingerprint density at radius 3 is 2.69 bits per heavy atom. The van der Waals surface area contributed by atoms with Gasteiger partial charge in [-0.1, -0.05) is 25.2 Å². The van der Waals surface area contributed by atoms with Crippen LogP contribution in [0.15, 0.2) is 4.79 Å². The smallest absolute Gasteiger partial charge is 0.328 e. The van der Waals surface area contributed by atoms with Crippen LogP contribution in [-0.2, 0) is 17.8 Å². The van der Waals surface area contributed by atoms with E-state index in [1.807, 2.05) is 0 Å². The van der Waals surface area contributed by atoms with Crippen molar-refractivity contribution in [1.29, 1.82) is 0 Å². The molecule has 7 nitrogen and oxygen atoms in total. The number of aromatic amines is 1. The Labute approximate surface area is 153 Å². The molecule has 2 rings (SSSR count). The summed E-state index contributed by atoms with van der Waals surface area (Å²) in [6.07, 6.45) is 6.84. The summed E-state index contributed by atoms with van der Waals surface area (Å²) in [6, 6.07) is 0. The van der Waals surface area contributed by atoms with Crippen LogP contribution in [0.2, 0.25) is 0 Å². The third kappa shape index (κ3) is 5.95. The number of hydrogen-bond acceptors (Lipinski definition) is 4.